The highest BCUT2D eigenvalue weighted by Crippen LogP contribution is 2.45. The number of fused-ring (bicyclic) bond motifs is 2. The summed E-state index contributed by atoms with van der Waals surface area (Å²) in [7, 11) is 0. The zero-order valence-corrected chi connectivity index (χ0v) is 22.2. The topological polar surface area (TPSA) is 54.8 Å². The molecule has 5 nitrogen and oxygen atoms in total. The molecular formula is C35H25N5. The molecule has 0 aliphatic heterocycles. The van der Waals surface area contributed by atoms with Crippen molar-refractivity contribution in [3.8, 4) is 0 Å². The first-order valence-electron chi connectivity index (χ1n) is 13.6. The molecule has 0 N–H and O–H groups in total. The molecule has 0 saturated carbocycles. The van der Waals surface area contributed by atoms with E-state index >= 15 is 0 Å². The molecule has 0 spiro atoms. The summed E-state index contributed by atoms with van der Waals surface area (Å²) >= 11 is 0. The number of rotatable bonds is 4. The Morgan fingerprint density at radius 2 is 1.10 bits per heavy atom. The molecule has 0 aliphatic rings. The largest absolute Gasteiger partial charge is 0.307 e. The van der Waals surface area contributed by atoms with E-state index in [2.05, 4.69) is 89.4 Å². The molecule has 8 aromatic rings. The average molecular weight is 516 g/mol. The molecule has 0 saturated heterocycles. The van der Waals surface area contributed by atoms with Crippen LogP contribution in [-0.4, -0.2) is 19.9 Å². The lowest BCUT2D eigenvalue weighted by Crippen LogP contribution is -2.12. The van der Waals surface area contributed by atoms with Crippen molar-refractivity contribution in [3.05, 3.63) is 115 Å². The Morgan fingerprint density at radius 3 is 1.73 bits per heavy atom. The summed E-state index contributed by atoms with van der Waals surface area (Å²) < 4.78 is 0. The molecule has 0 fully saturated rings. The summed E-state index contributed by atoms with van der Waals surface area (Å²) in [5.41, 5.74) is 7.68. The summed E-state index contributed by atoms with van der Waals surface area (Å²) in [6, 6.07) is 30.0. The van der Waals surface area contributed by atoms with Crippen LogP contribution in [0.5, 0.6) is 0 Å². The quantitative estimate of drug-likeness (QED) is 0.219. The fourth-order valence-electron chi connectivity index (χ4n) is 6.06. The predicted molar refractivity (Wildman–Crippen MR) is 165 cm³/mol. The molecule has 4 aromatic carbocycles. The second kappa shape index (κ2) is 8.68. The van der Waals surface area contributed by atoms with Gasteiger partial charge < -0.3 is 4.90 Å². The molecule has 40 heavy (non-hydrogen) atoms. The van der Waals surface area contributed by atoms with Gasteiger partial charge in [0, 0.05) is 17.8 Å². The summed E-state index contributed by atoms with van der Waals surface area (Å²) in [6.45, 7) is 4.53. The fourth-order valence-corrected chi connectivity index (χ4v) is 6.06. The van der Waals surface area contributed by atoms with Crippen LogP contribution in [-0.2, 0) is 0 Å². The zero-order chi connectivity index (χ0) is 26.8. The van der Waals surface area contributed by atoms with Gasteiger partial charge in [-0.25, -0.2) is 0 Å². The standard InChI is InChI=1S/C35H25N5/c1-21(2)26-11-7-22-9-13-28-33(14-10-23-8-12-27(26)34(22)35(23)28)40(24-17-31-29(38-19-24)5-3-15-36-31)25-18-32-30(39-20-25)6-4-16-37-32/h3-21H,1-2H3. The maximum absolute atomic E-state index is 4.77. The van der Waals surface area contributed by atoms with E-state index in [0.717, 1.165) is 39.1 Å². The van der Waals surface area contributed by atoms with Crippen molar-refractivity contribution in [2.45, 2.75) is 19.8 Å². The summed E-state index contributed by atoms with van der Waals surface area (Å²) in [5, 5.41) is 7.59. The Kier molecular flexibility index (Phi) is 4.95. The molecule has 0 bridgehead atoms. The predicted octanol–water partition coefficient (Wildman–Crippen LogP) is 9.06. The van der Waals surface area contributed by atoms with E-state index in [1.807, 2.05) is 49.1 Å². The smallest absolute Gasteiger partial charge is 0.0907 e. The van der Waals surface area contributed by atoms with Crippen LogP contribution in [0.3, 0.4) is 0 Å². The van der Waals surface area contributed by atoms with Crippen LogP contribution in [0, 0.1) is 0 Å². The summed E-state index contributed by atoms with van der Waals surface area (Å²) in [5.74, 6) is 0.438. The Bertz CT molecular complexity index is 2140. The second-order valence-electron chi connectivity index (χ2n) is 10.6. The van der Waals surface area contributed by atoms with Crippen molar-refractivity contribution in [2.75, 3.05) is 4.90 Å². The monoisotopic (exact) mass is 515 g/mol. The van der Waals surface area contributed by atoms with Gasteiger partial charge in [0.1, 0.15) is 0 Å². The van der Waals surface area contributed by atoms with Gasteiger partial charge in [0.05, 0.1) is 51.5 Å². The molecule has 5 heteroatoms. The van der Waals surface area contributed by atoms with Crippen LogP contribution in [0.1, 0.15) is 25.3 Å². The van der Waals surface area contributed by atoms with Crippen LogP contribution in [0.15, 0.2) is 110 Å². The van der Waals surface area contributed by atoms with Crippen LogP contribution in [0.25, 0.3) is 54.4 Å². The first-order chi connectivity index (χ1) is 19.7. The molecule has 8 rings (SSSR count). The van der Waals surface area contributed by atoms with Gasteiger partial charge >= 0.3 is 0 Å². The number of nitrogens with zero attached hydrogens (tertiary/aromatic N) is 5. The minimum Gasteiger partial charge on any atom is -0.307 e. The van der Waals surface area contributed by atoms with Crippen LogP contribution >= 0.6 is 0 Å². The van der Waals surface area contributed by atoms with Crippen molar-refractivity contribution < 1.29 is 0 Å². The van der Waals surface area contributed by atoms with E-state index in [1.165, 1.54) is 37.9 Å². The van der Waals surface area contributed by atoms with Crippen LogP contribution in [0.2, 0.25) is 0 Å². The zero-order valence-electron chi connectivity index (χ0n) is 22.2. The Morgan fingerprint density at radius 1 is 0.550 bits per heavy atom. The second-order valence-corrected chi connectivity index (χ2v) is 10.6. The van der Waals surface area contributed by atoms with Gasteiger partial charge in [0.2, 0.25) is 0 Å². The normalized spacial score (nSPS) is 12.0. The number of anilines is 3. The Balaban J connectivity index is 1.46. The number of hydrogen-bond donors (Lipinski definition) is 0. The van der Waals surface area contributed by atoms with E-state index in [-0.39, 0.29) is 0 Å². The van der Waals surface area contributed by atoms with E-state index < -0.39 is 0 Å². The highest BCUT2D eigenvalue weighted by Gasteiger charge is 2.21. The highest BCUT2D eigenvalue weighted by molar-refractivity contribution is 6.26. The van der Waals surface area contributed by atoms with Crippen LogP contribution in [0.4, 0.5) is 17.1 Å². The molecule has 0 radical (unpaired) electrons. The van der Waals surface area contributed by atoms with Gasteiger partial charge in [-0.3, -0.25) is 19.9 Å². The van der Waals surface area contributed by atoms with E-state index in [9.17, 15) is 0 Å². The van der Waals surface area contributed by atoms with Crippen molar-refractivity contribution in [2.24, 2.45) is 0 Å². The Hall–Kier alpha value is -5.16. The third kappa shape index (κ3) is 3.41. The molecule has 0 atom stereocenters. The van der Waals surface area contributed by atoms with Gasteiger partial charge in [-0.05, 0) is 80.9 Å². The molecule has 4 heterocycles. The first kappa shape index (κ1) is 22.8. The average Bonchev–Trinajstić information content (AvgIpc) is 3.00. The number of aromatic nitrogens is 4. The van der Waals surface area contributed by atoms with Crippen molar-refractivity contribution in [3.63, 3.8) is 0 Å². The van der Waals surface area contributed by atoms with Gasteiger partial charge in [-0.2, -0.15) is 0 Å². The van der Waals surface area contributed by atoms with Gasteiger partial charge in [-0.1, -0.05) is 56.3 Å². The molecule has 0 unspecified atom stereocenters. The van der Waals surface area contributed by atoms with Gasteiger partial charge in [-0.15, -0.1) is 0 Å². The van der Waals surface area contributed by atoms with Crippen molar-refractivity contribution in [1.82, 2.24) is 19.9 Å². The van der Waals surface area contributed by atoms with Crippen molar-refractivity contribution >= 4 is 71.4 Å². The van der Waals surface area contributed by atoms with E-state index in [4.69, 9.17) is 9.97 Å². The lowest BCUT2D eigenvalue weighted by atomic mass is 9.88. The third-order valence-corrected chi connectivity index (χ3v) is 7.93. The SMILES string of the molecule is CC(C)c1ccc2ccc3c(N(c4cnc5cccnc5c4)c4cnc5cccnc5c4)ccc4ccc1c2c43. The lowest BCUT2D eigenvalue weighted by Gasteiger charge is -2.27. The number of hydrogen-bond acceptors (Lipinski definition) is 5. The molecule has 4 aromatic heterocycles. The molecular weight excluding hydrogens is 490 g/mol. The lowest BCUT2D eigenvalue weighted by molar-refractivity contribution is 0.877. The summed E-state index contributed by atoms with van der Waals surface area (Å²) in [6.07, 6.45) is 7.45. The van der Waals surface area contributed by atoms with E-state index in [0.29, 0.717) is 5.92 Å². The van der Waals surface area contributed by atoms with Crippen molar-refractivity contribution in [1.29, 1.82) is 0 Å². The molecule has 190 valence electrons. The van der Waals surface area contributed by atoms with Crippen LogP contribution < -0.4 is 4.90 Å². The fraction of sp³-hybridized carbons (Fsp3) is 0.0857. The Labute approximate surface area is 231 Å². The number of pyridine rings is 4. The maximum Gasteiger partial charge on any atom is 0.0907 e. The first-order valence-corrected chi connectivity index (χ1v) is 13.6. The summed E-state index contributed by atoms with van der Waals surface area (Å²) in [4.78, 5) is 21.0. The molecule has 0 amide bonds. The minimum atomic E-state index is 0.438. The third-order valence-electron chi connectivity index (χ3n) is 7.93. The maximum atomic E-state index is 4.77. The minimum absolute atomic E-state index is 0.438. The van der Waals surface area contributed by atoms with E-state index in [1.54, 1.807) is 0 Å². The molecule has 0 aliphatic carbocycles. The number of benzene rings is 4. The van der Waals surface area contributed by atoms with Gasteiger partial charge in [0.25, 0.3) is 0 Å². The highest BCUT2D eigenvalue weighted by atomic mass is 15.2. The van der Waals surface area contributed by atoms with Gasteiger partial charge in [0.15, 0.2) is 0 Å².